The average molecular weight is 281 g/mol. The van der Waals surface area contributed by atoms with Gasteiger partial charge in [-0.1, -0.05) is 43.5 Å². The van der Waals surface area contributed by atoms with Gasteiger partial charge in [0.1, 0.15) is 9.84 Å². The van der Waals surface area contributed by atoms with E-state index in [1.165, 1.54) is 31.1 Å². The molecule has 0 saturated heterocycles. The van der Waals surface area contributed by atoms with Crippen molar-refractivity contribution in [3.05, 3.63) is 35.4 Å². The summed E-state index contributed by atoms with van der Waals surface area (Å²) in [5.74, 6) is 0.208. The van der Waals surface area contributed by atoms with Gasteiger partial charge in [0, 0.05) is 11.8 Å². The molecular weight excluding hydrogens is 258 g/mol. The summed E-state index contributed by atoms with van der Waals surface area (Å²) < 4.78 is 22.3. The van der Waals surface area contributed by atoms with Gasteiger partial charge in [-0.25, -0.2) is 8.42 Å². The lowest BCUT2D eigenvalue weighted by atomic mass is 9.77. The van der Waals surface area contributed by atoms with Gasteiger partial charge in [-0.3, -0.25) is 0 Å². The fourth-order valence-corrected chi connectivity index (χ4v) is 3.38. The molecule has 0 spiro atoms. The van der Waals surface area contributed by atoms with Gasteiger partial charge in [0.2, 0.25) is 0 Å². The first-order chi connectivity index (χ1) is 8.89. The van der Waals surface area contributed by atoms with Crippen molar-refractivity contribution in [3.63, 3.8) is 0 Å². The third-order valence-corrected chi connectivity index (χ3v) is 4.98. The van der Waals surface area contributed by atoms with Crippen LogP contribution in [0.15, 0.2) is 24.3 Å². The van der Waals surface area contributed by atoms with Crippen molar-refractivity contribution in [3.8, 4) is 0 Å². The molecule has 1 aromatic carbocycles. The summed E-state index contributed by atoms with van der Waals surface area (Å²) in [6.45, 7) is 0. The van der Waals surface area contributed by atoms with Crippen LogP contribution in [0.1, 0.15) is 43.2 Å². The topological polar surface area (TPSA) is 60.2 Å². The minimum atomic E-state index is -2.89. The Morgan fingerprint density at radius 2 is 1.68 bits per heavy atom. The van der Waals surface area contributed by atoms with Crippen LogP contribution in [0.25, 0.3) is 0 Å². The molecule has 0 heterocycles. The highest BCUT2D eigenvalue weighted by atomic mass is 32.2. The molecule has 1 fully saturated rings. The van der Waals surface area contributed by atoms with Gasteiger partial charge in [0.25, 0.3) is 0 Å². The zero-order valence-corrected chi connectivity index (χ0v) is 12.4. The van der Waals surface area contributed by atoms with Crippen molar-refractivity contribution in [2.45, 2.75) is 44.1 Å². The van der Waals surface area contributed by atoms with E-state index < -0.39 is 9.84 Å². The molecule has 0 aromatic heterocycles. The Kier molecular flexibility index (Phi) is 4.31. The third-order valence-electron chi connectivity index (χ3n) is 4.04. The summed E-state index contributed by atoms with van der Waals surface area (Å²) in [6, 6.07) is 8.18. The van der Waals surface area contributed by atoms with E-state index in [4.69, 9.17) is 5.73 Å². The number of hydrogen-bond acceptors (Lipinski definition) is 3. The van der Waals surface area contributed by atoms with Crippen molar-refractivity contribution in [2.24, 2.45) is 5.73 Å². The number of aryl methyl sites for hydroxylation is 1. The fraction of sp³-hybridized carbons (Fsp3) is 0.600. The molecule has 0 radical (unpaired) electrons. The van der Waals surface area contributed by atoms with Crippen LogP contribution in [0.3, 0.4) is 0 Å². The Hall–Kier alpha value is -0.870. The molecule has 0 unspecified atom stereocenters. The van der Waals surface area contributed by atoms with E-state index in [9.17, 15) is 8.42 Å². The number of rotatable bonds is 4. The van der Waals surface area contributed by atoms with E-state index in [0.29, 0.717) is 6.42 Å². The third kappa shape index (κ3) is 4.05. The Morgan fingerprint density at radius 1 is 1.11 bits per heavy atom. The minimum absolute atomic E-state index is 0.173. The van der Waals surface area contributed by atoms with Gasteiger partial charge >= 0.3 is 0 Å². The van der Waals surface area contributed by atoms with Crippen LogP contribution in [0.5, 0.6) is 0 Å². The maximum absolute atomic E-state index is 11.1. The molecule has 106 valence electrons. The van der Waals surface area contributed by atoms with Crippen molar-refractivity contribution >= 4 is 9.84 Å². The van der Waals surface area contributed by atoms with E-state index in [2.05, 4.69) is 12.1 Å². The molecule has 0 bridgehead atoms. The monoisotopic (exact) mass is 281 g/mol. The second-order valence-corrected chi connectivity index (χ2v) is 8.05. The lowest BCUT2D eigenvalue weighted by Gasteiger charge is -2.34. The minimum Gasteiger partial charge on any atom is -0.321 e. The van der Waals surface area contributed by atoms with Crippen LogP contribution in [-0.4, -0.2) is 20.4 Å². The molecule has 19 heavy (non-hydrogen) atoms. The van der Waals surface area contributed by atoms with Gasteiger partial charge in [0.15, 0.2) is 0 Å². The summed E-state index contributed by atoms with van der Waals surface area (Å²) in [6.07, 6.45) is 7.64. The molecule has 0 amide bonds. The molecule has 2 N–H and O–H groups in total. The zero-order valence-electron chi connectivity index (χ0n) is 11.6. The first-order valence-corrected chi connectivity index (χ1v) is 9.01. The predicted molar refractivity (Wildman–Crippen MR) is 78.8 cm³/mol. The molecule has 1 aliphatic carbocycles. The molecular formula is C15H23NO2S. The average Bonchev–Trinajstić information content (AvgIpc) is 2.37. The maximum Gasteiger partial charge on any atom is 0.147 e. The Bertz CT molecular complexity index is 514. The number of hydrogen-bond donors (Lipinski definition) is 1. The standard InChI is InChI=1S/C15H23NO2S/c1-19(17,18)12-9-13-5-7-14(8-6-13)15(16)10-3-2-4-11-15/h5-8H,2-4,9-12,16H2,1H3. The van der Waals surface area contributed by atoms with Gasteiger partial charge in [0.05, 0.1) is 5.75 Å². The van der Waals surface area contributed by atoms with Crippen LogP contribution in [-0.2, 0) is 21.8 Å². The molecule has 1 aliphatic rings. The van der Waals surface area contributed by atoms with Gasteiger partial charge in [-0.2, -0.15) is 0 Å². The predicted octanol–water partition coefficient (Wildman–Crippen LogP) is 2.39. The molecule has 4 heteroatoms. The number of sulfone groups is 1. The van der Waals surface area contributed by atoms with E-state index >= 15 is 0 Å². The summed E-state index contributed by atoms with van der Waals surface area (Å²) in [5.41, 5.74) is 8.56. The highest BCUT2D eigenvalue weighted by Gasteiger charge is 2.28. The summed E-state index contributed by atoms with van der Waals surface area (Å²) in [5, 5.41) is 0. The Morgan fingerprint density at radius 3 is 2.21 bits per heavy atom. The van der Waals surface area contributed by atoms with Crippen molar-refractivity contribution in [1.29, 1.82) is 0 Å². The first-order valence-electron chi connectivity index (χ1n) is 6.95. The van der Waals surface area contributed by atoms with E-state index in [-0.39, 0.29) is 11.3 Å². The Labute approximate surface area is 116 Å². The first kappa shape index (κ1) is 14.5. The molecule has 0 aliphatic heterocycles. The lowest BCUT2D eigenvalue weighted by Crippen LogP contribution is -2.38. The quantitative estimate of drug-likeness (QED) is 0.922. The van der Waals surface area contributed by atoms with Crippen LogP contribution in [0.4, 0.5) is 0 Å². The largest absolute Gasteiger partial charge is 0.321 e. The fourth-order valence-electron chi connectivity index (χ4n) is 2.78. The zero-order chi connectivity index (χ0) is 13.9. The van der Waals surface area contributed by atoms with Crippen molar-refractivity contribution < 1.29 is 8.42 Å². The van der Waals surface area contributed by atoms with Gasteiger partial charge in [-0.15, -0.1) is 0 Å². The molecule has 3 nitrogen and oxygen atoms in total. The number of benzene rings is 1. The second-order valence-electron chi connectivity index (χ2n) is 5.79. The molecule has 2 rings (SSSR count). The normalized spacial score (nSPS) is 19.3. The van der Waals surface area contributed by atoms with E-state index in [1.807, 2.05) is 12.1 Å². The van der Waals surface area contributed by atoms with Crippen LogP contribution in [0, 0.1) is 0 Å². The molecule has 1 saturated carbocycles. The van der Waals surface area contributed by atoms with Crippen molar-refractivity contribution in [2.75, 3.05) is 12.0 Å². The second kappa shape index (κ2) is 5.63. The van der Waals surface area contributed by atoms with Crippen LogP contribution < -0.4 is 5.73 Å². The van der Waals surface area contributed by atoms with Crippen LogP contribution in [0.2, 0.25) is 0 Å². The molecule has 0 atom stereocenters. The van der Waals surface area contributed by atoms with Crippen LogP contribution >= 0.6 is 0 Å². The highest BCUT2D eigenvalue weighted by molar-refractivity contribution is 7.90. The van der Waals surface area contributed by atoms with Gasteiger partial charge in [-0.05, 0) is 30.4 Å². The molecule has 1 aromatic rings. The smallest absolute Gasteiger partial charge is 0.147 e. The summed E-state index contributed by atoms with van der Waals surface area (Å²) in [4.78, 5) is 0. The Balaban J connectivity index is 2.05. The number of nitrogens with two attached hydrogens (primary N) is 1. The summed E-state index contributed by atoms with van der Waals surface area (Å²) >= 11 is 0. The van der Waals surface area contributed by atoms with E-state index in [0.717, 1.165) is 18.4 Å². The summed E-state index contributed by atoms with van der Waals surface area (Å²) in [7, 11) is -2.89. The lowest BCUT2D eigenvalue weighted by molar-refractivity contribution is 0.302. The SMILES string of the molecule is CS(=O)(=O)CCc1ccc(C2(N)CCCCC2)cc1. The van der Waals surface area contributed by atoms with Crippen molar-refractivity contribution in [1.82, 2.24) is 0 Å². The van der Waals surface area contributed by atoms with Gasteiger partial charge < -0.3 is 5.73 Å². The highest BCUT2D eigenvalue weighted by Crippen LogP contribution is 2.34. The van der Waals surface area contributed by atoms with E-state index in [1.54, 1.807) is 0 Å². The maximum atomic E-state index is 11.1.